The van der Waals surface area contributed by atoms with Crippen LogP contribution < -0.4 is 10.5 Å². The molecule has 8 nitrogen and oxygen atoms in total. The summed E-state index contributed by atoms with van der Waals surface area (Å²) >= 11 is 0. The lowest BCUT2D eigenvalue weighted by Gasteiger charge is -2.37. The van der Waals surface area contributed by atoms with Crippen LogP contribution in [0.1, 0.15) is 21.5 Å². The molecule has 6 rings (SSSR count). The zero-order valence-electron chi connectivity index (χ0n) is 22.5. The summed E-state index contributed by atoms with van der Waals surface area (Å²) in [6, 6.07) is 20.5. The molecule has 1 aromatic heterocycles. The number of carboxylic acids is 1. The highest BCUT2D eigenvalue weighted by atomic mass is 19.1. The number of nitrogens with two attached hydrogens (primary N) is 1. The van der Waals surface area contributed by atoms with Crippen molar-refractivity contribution in [3.63, 3.8) is 0 Å². The number of H-pyrrole nitrogens is 1. The van der Waals surface area contributed by atoms with Gasteiger partial charge in [0.2, 0.25) is 5.91 Å². The molecule has 0 bridgehead atoms. The number of amides is 1. The number of hydrogen-bond donors (Lipinski definition) is 3. The number of benzene rings is 4. The minimum atomic E-state index is -1.11. The van der Waals surface area contributed by atoms with Crippen LogP contribution in [0.4, 0.5) is 8.78 Å². The molecule has 4 N–H and O–H groups in total. The normalized spacial score (nSPS) is 13.7. The number of ether oxygens (including phenoxy) is 1. The van der Waals surface area contributed by atoms with Gasteiger partial charge in [-0.2, -0.15) is 4.98 Å². The van der Waals surface area contributed by atoms with Crippen LogP contribution in [-0.4, -0.2) is 44.9 Å². The monoisotopic (exact) mass is 568 g/mol. The molecule has 2 heterocycles. The summed E-state index contributed by atoms with van der Waals surface area (Å²) in [5.41, 5.74) is 9.06. The number of carbonyl (C=O) groups excluding carboxylic acids is 1. The molecular weight excluding hydrogens is 542 g/mol. The van der Waals surface area contributed by atoms with Crippen LogP contribution in [0.25, 0.3) is 33.3 Å². The topological polar surface area (TPSA) is 122 Å². The quantitative estimate of drug-likeness (QED) is 0.215. The van der Waals surface area contributed by atoms with E-state index < -0.39 is 17.6 Å². The molecule has 4 aromatic carbocycles. The summed E-state index contributed by atoms with van der Waals surface area (Å²) in [4.78, 5) is 31.7. The van der Waals surface area contributed by atoms with E-state index in [0.29, 0.717) is 24.2 Å². The Labute approximate surface area is 239 Å². The molecule has 0 radical (unpaired) electrons. The average Bonchev–Trinajstić information content (AvgIpc) is 3.34. The van der Waals surface area contributed by atoms with Gasteiger partial charge in [0, 0.05) is 25.7 Å². The van der Waals surface area contributed by atoms with Crippen LogP contribution in [0.2, 0.25) is 0 Å². The summed E-state index contributed by atoms with van der Waals surface area (Å²) in [5, 5.41) is 9.35. The highest BCUT2D eigenvalue weighted by molar-refractivity contribution is 5.90. The highest BCUT2D eigenvalue weighted by Gasteiger charge is 2.30. The number of carbonyl (C=O) groups is 2. The molecule has 10 heteroatoms. The van der Waals surface area contributed by atoms with Crippen molar-refractivity contribution in [1.29, 1.82) is 0 Å². The maximum Gasteiger partial charge on any atom is 0.336 e. The third kappa shape index (κ3) is 5.19. The molecule has 42 heavy (non-hydrogen) atoms. The van der Waals surface area contributed by atoms with Gasteiger partial charge in [0.1, 0.15) is 17.1 Å². The Hall–Kier alpha value is -5.09. The molecule has 5 aromatic rings. The molecular formula is C32H26F2N4O4. The van der Waals surface area contributed by atoms with Crippen molar-refractivity contribution in [1.82, 2.24) is 14.9 Å². The van der Waals surface area contributed by atoms with Crippen molar-refractivity contribution in [2.45, 2.75) is 13.5 Å². The predicted octanol–water partition coefficient (Wildman–Crippen LogP) is 5.89. The molecule has 212 valence electrons. The van der Waals surface area contributed by atoms with Gasteiger partial charge in [-0.15, -0.1) is 0 Å². The molecule has 0 aliphatic carbocycles. The molecule has 1 saturated heterocycles. The zero-order valence-corrected chi connectivity index (χ0v) is 22.5. The van der Waals surface area contributed by atoms with E-state index in [4.69, 9.17) is 10.5 Å². The standard InChI is InChI=1S/C32H26F2N4O4/c1-17-2-11-23(12-24(17)31(40)41)42-32-36-26-13-25(33)27(28(34)29(26)37-32)21-9-7-20(8-10-21)19-5-3-18(4-6-19)14-38-15-22(16-38)30(35)39/h2-13,22H,14-16H2,1H3,(H2,35,39)(H,36,37)(H,40,41). The Morgan fingerprint density at radius 3 is 2.29 bits per heavy atom. The first-order valence-corrected chi connectivity index (χ1v) is 13.3. The van der Waals surface area contributed by atoms with Crippen molar-refractivity contribution in [3.8, 4) is 34.0 Å². The molecule has 0 saturated carbocycles. The Morgan fingerprint density at radius 1 is 1.00 bits per heavy atom. The van der Waals surface area contributed by atoms with Gasteiger partial charge in [0.15, 0.2) is 5.82 Å². The van der Waals surface area contributed by atoms with Crippen molar-refractivity contribution >= 4 is 22.9 Å². The van der Waals surface area contributed by atoms with Crippen molar-refractivity contribution < 1.29 is 28.2 Å². The third-order valence-corrected chi connectivity index (χ3v) is 7.53. The number of aryl methyl sites for hydroxylation is 1. The molecule has 1 aliphatic rings. The minimum absolute atomic E-state index is 0.0638. The minimum Gasteiger partial charge on any atom is -0.478 e. The summed E-state index contributed by atoms with van der Waals surface area (Å²) in [6.07, 6.45) is 0. The van der Waals surface area contributed by atoms with Gasteiger partial charge in [-0.1, -0.05) is 54.6 Å². The van der Waals surface area contributed by atoms with Gasteiger partial charge in [0.05, 0.1) is 22.6 Å². The van der Waals surface area contributed by atoms with E-state index in [0.717, 1.165) is 29.3 Å². The van der Waals surface area contributed by atoms with Crippen LogP contribution in [0.5, 0.6) is 11.8 Å². The van der Waals surface area contributed by atoms with Crippen LogP contribution in [0.15, 0.2) is 72.8 Å². The van der Waals surface area contributed by atoms with Crippen LogP contribution in [0, 0.1) is 24.5 Å². The number of aromatic carboxylic acids is 1. The van der Waals surface area contributed by atoms with Crippen molar-refractivity contribution in [2.24, 2.45) is 11.7 Å². The molecule has 1 aliphatic heterocycles. The Kier molecular flexibility index (Phi) is 6.91. The molecule has 0 atom stereocenters. The molecule has 1 amide bonds. The van der Waals surface area contributed by atoms with E-state index in [2.05, 4.69) is 14.9 Å². The van der Waals surface area contributed by atoms with Gasteiger partial charge >= 0.3 is 5.97 Å². The number of hydrogen-bond acceptors (Lipinski definition) is 5. The second-order valence-corrected chi connectivity index (χ2v) is 10.4. The van der Waals surface area contributed by atoms with Crippen LogP contribution in [-0.2, 0) is 11.3 Å². The van der Waals surface area contributed by atoms with Crippen LogP contribution in [0.3, 0.4) is 0 Å². The smallest absolute Gasteiger partial charge is 0.336 e. The van der Waals surface area contributed by atoms with Gasteiger partial charge < -0.3 is 20.6 Å². The molecule has 0 spiro atoms. The zero-order chi connectivity index (χ0) is 29.5. The summed E-state index contributed by atoms with van der Waals surface area (Å²) in [6.45, 7) is 3.74. The number of carboxylic acid groups (broad SMARTS) is 1. The van der Waals surface area contributed by atoms with E-state index in [9.17, 15) is 14.7 Å². The number of imidazole rings is 1. The number of halogens is 2. The first-order valence-electron chi connectivity index (χ1n) is 13.3. The number of likely N-dealkylation sites (tertiary alicyclic amines) is 1. The maximum atomic E-state index is 15.6. The van der Waals surface area contributed by atoms with Gasteiger partial charge in [-0.05, 0) is 46.9 Å². The number of aromatic nitrogens is 2. The number of nitrogens with zero attached hydrogens (tertiary/aromatic N) is 2. The van der Waals surface area contributed by atoms with Gasteiger partial charge in [-0.3, -0.25) is 9.69 Å². The van der Waals surface area contributed by atoms with Crippen molar-refractivity contribution in [2.75, 3.05) is 13.1 Å². The second-order valence-electron chi connectivity index (χ2n) is 10.4. The number of nitrogens with one attached hydrogen (secondary N) is 1. The van der Waals surface area contributed by atoms with E-state index in [1.165, 1.54) is 6.07 Å². The Morgan fingerprint density at radius 2 is 1.64 bits per heavy atom. The Bertz CT molecular complexity index is 1830. The number of primary amides is 1. The summed E-state index contributed by atoms with van der Waals surface area (Å²) < 4.78 is 36.3. The first-order chi connectivity index (χ1) is 20.2. The van der Waals surface area contributed by atoms with Gasteiger partial charge in [0.25, 0.3) is 6.01 Å². The number of rotatable bonds is 8. The predicted molar refractivity (Wildman–Crippen MR) is 153 cm³/mol. The lowest BCUT2D eigenvalue weighted by atomic mass is 9.97. The lowest BCUT2D eigenvalue weighted by Crippen LogP contribution is -2.51. The third-order valence-electron chi connectivity index (χ3n) is 7.53. The fraction of sp³-hybridized carbons (Fsp3) is 0.156. The SMILES string of the molecule is Cc1ccc(Oc2nc3c(F)c(-c4ccc(-c5ccc(CN6CC(C(N)=O)C6)cc5)cc4)c(F)cc3[nH]2)cc1C(=O)O. The lowest BCUT2D eigenvalue weighted by molar-refractivity contribution is -0.127. The van der Waals surface area contributed by atoms with E-state index >= 15 is 8.78 Å². The number of fused-ring (bicyclic) bond motifs is 1. The number of aromatic amines is 1. The summed E-state index contributed by atoms with van der Waals surface area (Å²) in [5.74, 6) is -2.85. The maximum absolute atomic E-state index is 15.6. The van der Waals surface area contributed by atoms with Gasteiger partial charge in [-0.25, -0.2) is 13.6 Å². The van der Waals surface area contributed by atoms with E-state index in [-0.39, 0.29) is 45.7 Å². The van der Waals surface area contributed by atoms with Crippen LogP contribution >= 0.6 is 0 Å². The van der Waals surface area contributed by atoms with E-state index in [1.807, 2.05) is 24.3 Å². The molecule has 1 fully saturated rings. The highest BCUT2D eigenvalue weighted by Crippen LogP contribution is 2.34. The largest absolute Gasteiger partial charge is 0.478 e. The molecule has 0 unspecified atom stereocenters. The second kappa shape index (κ2) is 10.7. The average molecular weight is 569 g/mol. The van der Waals surface area contributed by atoms with Crippen molar-refractivity contribution in [3.05, 3.63) is 101 Å². The summed E-state index contributed by atoms with van der Waals surface area (Å²) in [7, 11) is 0. The fourth-order valence-corrected chi connectivity index (χ4v) is 5.15. The Balaban J connectivity index is 1.20. The fourth-order valence-electron chi connectivity index (χ4n) is 5.15. The first kappa shape index (κ1) is 27.1. The van der Waals surface area contributed by atoms with E-state index in [1.54, 1.807) is 43.3 Å².